The first-order chi connectivity index (χ1) is 9.08. The molecule has 0 bridgehead atoms. The lowest BCUT2D eigenvalue weighted by Gasteiger charge is -2.20. The second-order valence-corrected chi connectivity index (χ2v) is 5.35. The lowest BCUT2D eigenvalue weighted by atomic mass is 10.1. The standard InChI is InChI=1S/C14H18ClFN2O/c1-18(14(19)8-10-4-3-7-17-10)9-11-12(15)5-2-6-13(11)16/h2,5-6,10,17H,3-4,7-9H2,1H3. The molecule has 0 aliphatic carbocycles. The Kier molecular flexibility index (Phi) is 4.77. The van der Waals surface area contributed by atoms with Crippen LogP contribution in [-0.2, 0) is 11.3 Å². The molecule has 1 aromatic rings. The average molecular weight is 285 g/mol. The maximum Gasteiger partial charge on any atom is 0.224 e. The Labute approximate surface area is 117 Å². The second kappa shape index (κ2) is 6.35. The minimum atomic E-state index is -0.369. The van der Waals surface area contributed by atoms with E-state index >= 15 is 0 Å². The maximum atomic E-state index is 13.6. The molecule has 0 radical (unpaired) electrons. The number of halogens is 2. The summed E-state index contributed by atoms with van der Waals surface area (Å²) in [7, 11) is 1.68. The molecule has 1 unspecified atom stereocenters. The minimum absolute atomic E-state index is 0.0127. The van der Waals surface area contributed by atoms with E-state index in [1.54, 1.807) is 19.2 Å². The summed E-state index contributed by atoms with van der Waals surface area (Å²) in [6, 6.07) is 4.81. The molecule has 3 nitrogen and oxygen atoms in total. The fraction of sp³-hybridized carbons (Fsp3) is 0.500. The van der Waals surface area contributed by atoms with Crippen molar-refractivity contribution >= 4 is 17.5 Å². The van der Waals surface area contributed by atoms with Gasteiger partial charge in [0, 0.05) is 36.6 Å². The van der Waals surface area contributed by atoms with Gasteiger partial charge >= 0.3 is 0 Å². The van der Waals surface area contributed by atoms with E-state index in [9.17, 15) is 9.18 Å². The van der Waals surface area contributed by atoms with Gasteiger partial charge in [0.15, 0.2) is 0 Å². The zero-order valence-electron chi connectivity index (χ0n) is 11.0. The molecule has 19 heavy (non-hydrogen) atoms. The smallest absolute Gasteiger partial charge is 0.224 e. The number of hydrogen-bond donors (Lipinski definition) is 1. The van der Waals surface area contributed by atoms with Gasteiger partial charge in [-0.15, -0.1) is 0 Å². The van der Waals surface area contributed by atoms with Gasteiger partial charge in [0.25, 0.3) is 0 Å². The van der Waals surface area contributed by atoms with Crippen molar-refractivity contribution in [3.63, 3.8) is 0 Å². The van der Waals surface area contributed by atoms with Gasteiger partial charge in [-0.2, -0.15) is 0 Å². The average Bonchev–Trinajstić information content (AvgIpc) is 2.86. The van der Waals surface area contributed by atoms with Gasteiger partial charge < -0.3 is 10.2 Å². The van der Waals surface area contributed by atoms with E-state index in [-0.39, 0.29) is 24.3 Å². The molecule has 1 aliphatic rings. The fourth-order valence-corrected chi connectivity index (χ4v) is 2.53. The summed E-state index contributed by atoms with van der Waals surface area (Å²) in [5.41, 5.74) is 0.374. The highest BCUT2D eigenvalue weighted by atomic mass is 35.5. The first kappa shape index (κ1) is 14.3. The van der Waals surface area contributed by atoms with E-state index in [1.165, 1.54) is 11.0 Å². The van der Waals surface area contributed by atoms with E-state index in [4.69, 9.17) is 11.6 Å². The molecule has 1 atom stereocenters. The molecule has 1 saturated heterocycles. The van der Waals surface area contributed by atoms with Crippen LogP contribution in [0.3, 0.4) is 0 Å². The van der Waals surface area contributed by atoms with Gasteiger partial charge in [0.1, 0.15) is 5.82 Å². The molecule has 1 aliphatic heterocycles. The molecule has 1 amide bonds. The highest BCUT2D eigenvalue weighted by Gasteiger charge is 2.21. The van der Waals surface area contributed by atoms with Crippen LogP contribution in [-0.4, -0.2) is 30.4 Å². The normalized spacial score (nSPS) is 18.6. The first-order valence-electron chi connectivity index (χ1n) is 6.48. The molecule has 0 saturated carbocycles. The van der Waals surface area contributed by atoms with Gasteiger partial charge in [-0.25, -0.2) is 4.39 Å². The van der Waals surface area contributed by atoms with Crippen LogP contribution >= 0.6 is 11.6 Å². The predicted molar refractivity (Wildman–Crippen MR) is 73.5 cm³/mol. The summed E-state index contributed by atoms with van der Waals surface area (Å²) in [6.45, 7) is 1.18. The zero-order chi connectivity index (χ0) is 13.8. The van der Waals surface area contributed by atoms with E-state index in [0.29, 0.717) is 17.0 Å². The third-order valence-corrected chi connectivity index (χ3v) is 3.82. The number of benzene rings is 1. The number of nitrogens with one attached hydrogen (secondary N) is 1. The number of rotatable bonds is 4. The van der Waals surface area contributed by atoms with Crippen molar-refractivity contribution in [3.8, 4) is 0 Å². The van der Waals surface area contributed by atoms with Crippen molar-refractivity contribution in [2.24, 2.45) is 0 Å². The Bertz CT molecular complexity index is 441. The SMILES string of the molecule is CN(Cc1c(F)cccc1Cl)C(=O)CC1CCCN1. The van der Waals surface area contributed by atoms with Gasteiger partial charge in [-0.05, 0) is 31.5 Å². The summed E-state index contributed by atoms with van der Waals surface area (Å²) in [5, 5.41) is 3.64. The number of nitrogens with zero attached hydrogens (tertiary/aromatic N) is 1. The molecule has 0 spiro atoms. The molecule has 0 aromatic heterocycles. The highest BCUT2D eigenvalue weighted by molar-refractivity contribution is 6.31. The number of carbonyl (C=O) groups is 1. The van der Waals surface area contributed by atoms with E-state index < -0.39 is 0 Å². The van der Waals surface area contributed by atoms with Crippen molar-refractivity contribution in [1.29, 1.82) is 0 Å². The van der Waals surface area contributed by atoms with Crippen LogP contribution in [0.2, 0.25) is 5.02 Å². The van der Waals surface area contributed by atoms with Crippen molar-refractivity contribution < 1.29 is 9.18 Å². The number of carbonyl (C=O) groups excluding carboxylic acids is 1. The van der Waals surface area contributed by atoms with Gasteiger partial charge in [-0.1, -0.05) is 17.7 Å². The first-order valence-corrected chi connectivity index (χ1v) is 6.86. The summed E-state index contributed by atoms with van der Waals surface area (Å²) in [6.07, 6.45) is 2.60. The molecule has 1 heterocycles. The highest BCUT2D eigenvalue weighted by Crippen LogP contribution is 2.21. The molecule has 1 aromatic carbocycles. The Balaban J connectivity index is 1.96. The Hall–Kier alpha value is -1.13. The van der Waals surface area contributed by atoms with Gasteiger partial charge in [0.05, 0.1) is 0 Å². The molecule has 5 heteroatoms. The van der Waals surface area contributed by atoms with E-state index in [0.717, 1.165) is 19.4 Å². The van der Waals surface area contributed by atoms with Gasteiger partial charge in [-0.3, -0.25) is 4.79 Å². The molecular weight excluding hydrogens is 267 g/mol. The van der Waals surface area contributed by atoms with Gasteiger partial charge in [0.2, 0.25) is 5.91 Å². The third kappa shape index (κ3) is 3.67. The second-order valence-electron chi connectivity index (χ2n) is 4.95. The van der Waals surface area contributed by atoms with Crippen LogP contribution in [0.5, 0.6) is 0 Å². The number of amides is 1. The lowest BCUT2D eigenvalue weighted by Crippen LogP contribution is -2.33. The zero-order valence-corrected chi connectivity index (χ0v) is 11.7. The summed E-state index contributed by atoms with van der Waals surface area (Å²) >= 11 is 5.96. The van der Waals surface area contributed by atoms with E-state index in [2.05, 4.69) is 5.32 Å². The summed E-state index contributed by atoms with van der Waals surface area (Å²) in [5.74, 6) is -0.357. The minimum Gasteiger partial charge on any atom is -0.341 e. The fourth-order valence-electron chi connectivity index (χ4n) is 2.31. The quantitative estimate of drug-likeness (QED) is 0.922. The van der Waals surface area contributed by atoms with Crippen LogP contribution in [0.4, 0.5) is 4.39 Å². The van der Waals surface area contributed by atoms with Crippen LogP contribution in [0.1, 0.15) is 24.8 Å². The maximum absolute atomic E-state index is 13.6. The molecular formula is C14H18ClFN2O. The molecule has 1 fully saturated rings. The Morgan fingerprint density at radius 3 is 3.00 bits per heavy atom. The largest absolute Gasteiger partial charge is 0.341 e. The predicted octanol–water partition coefficient (Wildman–Crippen LogP) is 2.58. The third-order valence-electron chi connectivity index (χ3n) is 3.47. The van der Waals surface area contributed by atoms with Crippen molar-refractivity contribution in [1.82, 2.24) is 10.2 Å². The van der Waals surface area contributed by atoms with Crippen LogP contribution < -0.4 is 5.32 Å². The van der Waals surface area contributed by atoms with Crippen molar-refractivity contribution in [2.45, 2.75) is 31.8 Å². The molecule has 1 N–H and O–H groups in total. The molecule has 104 valence electrons. The van der Waals surface area contributed by atoms with Crippen molar-refractivity contribution in [3.05, 3.63) is 34.6 Å². The Morgan fingerprint density at radius 1 is 1.58 bits per heavy atom. The number of hydrogen-bond acceptors (Lipinski definition) is 2. The molecule has 2 rings (SSSR count). The van der Waals surface area contributed by atoms with Crippen LogP contribution in [0.25, 0.3) is 0 Å². The summed E-state index contributed by atoms with van der Waals surface area (Å²) in [4.78, 5) is 13.6. The monoisotopic (exact) mass is 284 g/mol. The Morgan fingerprint density at radius 2 is 2.37 bits per heavy atom. The van der Waals surface area contributed by atoms with Crippen LogP contribution in [0.15, 0.2) is 18.2 Å². The van der Waals surface area contributed by atoms with Crippen LogP contribution in [0, 0.1) is 5.82 Å². The van der Waals surface area contributed by atoms with Crippen molar-refractivity contribution in [2.75, 3.05) is 13.6 Å². The lowest BCUT2D eigenvalue weighted by molar-refractivity contribution is -0.130. The summed E-state index contributed by atoms with van der Waals surface area (Å²) < 4.78 is 13.6. The topological polar surface area (TPSA) is 32.3 Å². The van der Waals surface area contributed by atoms with E-state index in [1.807, 2.05) is 0 Å².